The normalized spacial score (nSPS) is 13.9. The minimum Gasteiger partial charge on any atom is -0.409 e. The van der Waals surface area contributed by atoms with Crippen LogP contribution < -0.4 is 11.1 Å². The van der Waals surface area contributed by atoms with E-state index in [0.717, 1.165) is 5.56 Å². The van der Waals surface area contributed by atoms with E-state index >= 15 is 0 Å². The zero-order valence-electron chi connectivity index (χ0n) is 9.55. The van der Waals surface area contributed by atoms with Gasteiger partial charge in [0.15, 0.2) is 5.84 Å². The quantitative estimate of drug-likeness (QED) is 0.259. The highest BCUT2D eigenvalue weighted by atomic mass is 19.3. The lowest BCUT2D eigenvalue weighted by Crippen LogP contribution is -2.31. The number of rotatable bonds is 6. The molecule has 0 saturated heterocycles. The molecule has 0 amide bonds. The molecule has 1 aromatic carbocycles. The maximum Gasteiger partial charge on any atom is 0.265 e. The van der Waals surface area contributed by atoms with Crippen LogP contribution in [0, 0.1) is 0 Å². The largest absolute Gasteiger partial charge is 0.409 e. The molecule has 0 aromatic heterocycles. The van der Waals surface area contributed by atoms with E-state index in [4.69, 9.17) is 16.0 Å². The zero-order valence-corrected chi connectivity index (χ0v) is 9.55. The molecule has 1 rings (SSSR count). The summed E-state index contributed by atoms with van der Waals surface area (Å²) in [6, 6.07) is 6.78. The van der Waals surface area contributed by atoms with E-state index in [9.17, 15) is 8.78 Å². The summed E-state index contributed by atoms with van der Waals surface area (Å²) in [6.07, 6.45) is -4.45. The summed E-state index contributed by atoms with van der Waals surface area (Å²) in [5, 5.41) is 23.0. The van der Waals surface area contributed by atoms with Gasteiger partial charge in [-0.1, -0.05) is 23.4 Å². The first-order chi connectivity index (χ1) is 8.54. The highest BCUT2D eigenvalue weighted by Gasteiger charge is 2.15. The number of oxime groups is 1. The Morgan fingerprint density at radius 2 is 2.17 bits per heavy atom. The van der Waals surface area contributed by atoms with Gasteiger partial charge in [-0.25, -0.2) is 8.78 Å². The molecule has 7 heteroatoms. The minimum absolute atomic E-state index is 0.0236. The Bertz CT molecular complexity index is 413. The highest BCUT2D eigenvalue weighted by molar-refractivity contribution is 5.97. The van der Waals surface area contributed by atoms with Crippen LogP contribution in [-0.4, -0.2) is 35.2 Å². The van der Waals surface area contributed by atoms with Gasteiger partial charge in [0.2, 0.25) is 0 Å². The molecule has 0 fully saturated rings. The number of hydrogen-bond donors (Lipinski definition) is 4. The van der Waals surface area contributed by atoms with E-state index < -0.39 is 12.5 Å². The van der Waals surface area contributed by atoms with E-state index in [-0.39, 0.29) is 12.4 Å². The van der Waals surface area contributed by atoms with Crippen LogP contribution >= 0.6 is 0 Å². The van der Waals surface area contributed by atoms with Crippen LogP contribution in [0.1, 0.15) is 11.1 Å². The van der Waals surface area contributed by atoms with E-state index in [1.807, 2.05) is 0 Å². The number of alkyl halides is 2. The van der Waals surface area contributed by atoms with E-state index in [1.165, 1.54) is 0 Å². The fourth-order valence-corrected chi connectivity index (χ4v) is 1.35. The Balaban J connectivity index is 2.53. The third-order valence-corrected chi connectivity index (χ3v) is 2.30. The van der Waals surface area contributed by atoms with Crippen molar-refractivity contribution in [3.8, 4) is 0 Å². The number of nitrogens with zero attached hydrogens (tertiary/aromatic N) is 1. The van der Waals surface area contributed by atoms with Crippen LogP contribution in [0.15, 0.2) is 29.4 Å². The van der Waals surface area contributed by atoms with Gasteiger partial charge in [0.1, 0.15) is 6.10 Å². The Morgan fingerprint density at radius 1 is 1.44 bits per heavy atom. The third-order valence-electron chi connectivity index (χ3n) is 2.30. The standard InChI is InChI=1S/C11H15F2N3O2/c12-10(13)9(17)6-15-5-7-2-1-3-8(4-7)11(14)16-18/h1-4,9-10,15,17-18H,5-6H2,(H2,14,16). The van der Waals surface area contributed by atoms with E-state index in [0.29, 0.717) is 12.1 Å². The number of aliphatic hydroxyl groups excluding tert-OH is 1. The molecule has 0 heterocycles. The summed E-state index contributed by atoms with van der Waals surface area (Å²) in [4.78, 5) is 0. The lowest BCUT2D eigenvalue weighted by atomic mass is 10.1. The second-order valence-corrected chi connectivity index (χ2v) is 3.72. The number of benzene rings is 1. The topological polar surface area (TPSA) is 90.9 Å². The Kier molecular flexibility index (Phi) is 5.47. The number of nitrogens with two attached hydrogens (primary N) is 1. The van der Waals surface area contributed by atoms with Crippen LogP contribution in [0.5, 0.6) is 0 Å². The summed E-state index contributed by atoms with van der Waals surface area (Å²) in [5.74, 6) is -0.0236. The molecular formula is C11H15F2N3O2. The smallest absolute Gasteiger partial charge is 0.265 e. The molecule has 1 aromatic rings. The van der Waals surface area contributed by atoms with Crippen LogP contribution in [0.3, 0.4) is 0 Å². The molecule has 5 nitrogen and oxygen atoms in total. The fraction of sp³-hybridized carbons (Fsp3) is 0.364. The first-order valence-electron chi connectivity index (χ1n) is 5.28. The molecule has 5 N–H and O–H groups in total. The number of hydrogen-bond acceptors (Lipinski definition) is 4. The predicted molar refractivity (Wildman–Crippen MR) is 62.7 cm³/mol. The first-order valence-corrected chi connectivity index (χ1v) is 5.28. The molecule has 0 aliphatic heterocycles. The summed E-state index contributed by atoms with van der Waals surface area (Å²) in [6.45, 7) is 0.0990. The summed E-state index contributed by atoms with van der Waals surface area (Å²) >= 11 is 0. The second kappa shape index (κ2) is 6.87. The molecule has 18 heavy (non-hydrogen) atoms. The molecule has 100 valence electrons. The molecular weight excluding hydrogens is 244 g/mol. The maximum atomic E-state index is 12.0. The zero-order chi connectivity index (χ0) is 13.5. The lowest BCUT2D eigenvalue weighted by molar-refractivity contribution is -0.00340. The highest BCUT2D eigenvalue weighted by Crippen LogP contribution is 2.05. The molecule has 0 bridgehead atoms. The van der Waals surface area contributed by atoms with Crippen molar-refractivity contribution in [1.29, 1.82) is 0 Å². The van der Waals surface area contributed by atoms with Gasteiger partial charge in [0.05, 0.1) is 0 Å². The molecule has 0 aliphatic carbocycles. The van der Waals surface area contributed by atoms with Gasteiger partial charge in [-0.2, -0.15) is 0 Å². The van der Waals surface area contributed by atoms with E-state index in [1.54, 1.807) is 24.3 Å². The number of halogens is 2. The Hall–Kier alpha value is -1.73. The van der Waals surface area contributed by atoms with Gasteiger partial charge in [0.25, 0.3) is 6.43 Å². The molecule has 0 radical (unpaired) electrons. The van der Waals surface area contributed by atoms with Crippen LogP contribution in [0.25, 0.3) is 0 Å². The predicted octanol–water partition coefficient (Wildman–Crippen LogP) is 0.497. The first kappa shape index (κ1) is 14.3. The number of amidine groups is 1. The van der Waals surface area contributed by atoms with Crippen molar-refractivity contribution >= 4 is 5.84 Å². The monoisotopic (exact) mass is 259 g/mol. The van der Waals surface area contributed by atoms with Crippen molar-refractivity contribution < 1.29 is 19.1 Å². The molecule has 1 atom stereocenters. The van der Waals surface area contributed by atoms with Gasteiger partial charge in [-0.15, -0.1) is 0 Å². The van der Waals surface area contributed by atoms with Crippen molar-refractivity contribution in [3.63, 3.8) is 0 Å². The lowest BCUT2D eigenvalue weighted by Gasteiger charge is -2.11. The Morgan fingerprint density at radius 3 is 2.78 bits per heavy atom. The van der Waals surface area contributed by atoms with E-state index in [2.05, 4.69) is 10.5 Å². The van der Waals surface area contributed by atoms with Crippen molar-refractivity contribution in [3.05, 3.63) is 35.4 Å². The van der Waals surface area contributed by atoms with Gasteiger partial charge in [0, 0.05) is 18.7 Å². The molecule has 0 saturated carbocycles. The maximum absolute atomic E-state index is 12.0. The average molecular weight is 259 g/mol. The van der Waals surface area contributed by atoms with Gasteiger partial charge in [-0.3, -0.25) is 0 Å². The number of nitrogens with one attached hydrogen (secondary N) is 1. The van der Waals surface area contributed by atoms with Crippen molar-refractivity contribution in [2.45, 2.75) is 19.1 Å². The summed E-state index contributed by atoms with van der Waals surface area (Å²) in [5.41, 5.74) is 6.73. The number of aliphatic hydroxyl groups is 1. The average Bonchev–Trinajstić information content (AvgIpc) is 2.37. The van der Waals surface area contributed by atoms with Crippen LogP contribution in [0.2, 0.25) is 0 Å². The minimum atomic E-state index is -2.76. The molecule has 1 unspecified atom stereocenters. The van der Waals surface area contributed by atoms with Crippen molar-refractivity contribution in [2.24, 2.45) is 10.9 Å². The van der Waals surface area contributed by atoms with Gasteiger partial charge in [-0.05, 0) is 11.6 Å². The molecule has 0 aliphatic rings. The van der Waals surface area contributed by atoms with Crippen LogP contribution in [0.4, 0.5) is 8.78 Å². The second-order valence-electron chi connectivity index (χ2n) is 3.72. The van der Waals surface area contributed by atoms with Crippen LogP contribution in [-0.2, 0) is 6.54 Å². The Labute approximate surface area is 103 Å². The summed E-state index contributed by atoms with van der Waals surface area (Å²) < 4.78 is 24.0. The van der Waals surface area contributed by atoms with Gasteiger partial charge < -0.3 is 21.4 Å². The van der Waals surface area contributed by atoms with Crippen molar-refractivity contribution in [1.82, 2.24) is 5.32 Å². The summed E-state index contributed by atoms with van der Waals surface area (Å²) in [7, 11) is 0. The molecule has 0 spiro atoms. The third kappa shape index (κ3) is 4.27. The SMILES string of the molecule is N/C(=N/O)c1cccc(CNCC(O)C(F)F)c1. The van der Waals surface area contributed by atoms with Crippen molar-refractivity contribution in [2.75, 3.05) is 6.54 Å². The van der Waals surface area contributed by atoms with Gasteiger partial charge >= 0.3 is 0 Å². The fourth-order valence-electron chi connectivity index (χ4n) is 1.35.